The highest BCUT2D eigenvalue weighted by atomic mass is 16.6. The molecule has 0 aliphatic carbocycles. The van der Waals surface area contributed by atoms with Crippen LogP contribution in [-0.4, -0.2) is 43.2 Å². The predicted octanol–water partition coefficient (Wildman–Crippen LogP) is 2.56. The van der Waals surface area contributed by atoms with Crippen LogP contribution in [0.4, 0.5) is 0 Å². The van der Waals surface area contributed by atoms with E-state index < -0.39 is 0 Å². The van der Waals surface area contributed by atoms with Gasteiger partial charge in [0.15, 0.2) is 6.61 Å². The van der Waals surface area contributed by atoms with Crippen LogP contribution in [0.25, 0.3) is 0 Å². The van der Waals surface area contributed by atoms with Gasteiger partial charge in [0.25, 0.3) is 0 Å². The van der Waals surface area contributed by atoms with E-state index >= 15 is 0 Å². The Kier molecular flexibility index (Phi) is 6.26. The number of hydrogen-bond acceptors (Lipinski definition) is 5. The number of ether oxygens (including phenoxy) is 2. The van der Waals surface area contributed by atoms with Crippen molar-refractivity contribution in [2.75, 3.05) is 26.3 Å². The maximum atomic E-state index is 11.3. The lowest BCUT2D eigenvalue weighted by Crippen LogP contribution is -2.28. The SMILES string of the molecule is CCOC(=O)COc1ccc(CN2C[C@@H](N)[C@H](c3ccccc3)C2)cc1. The Hall–Kier alpha value is -2.37. The summed E-state index contributed by atoms with van der Waals surface area (Å²) >= 11 is 0. The maximum absolute atomic E-state index is 11.3. The van der Waals surface area contributed by atoms with Gasteiger partial charge in [0.2, 0.25) is 0 Å². The van der Waals surface area contributed by atoms with Crippen molar-refractivity contribution in [2.45, 2.75) is 25.4 Å². The average molecular weight is 354 g/mol. The third kappa shape index (κ3) is 4.84. The molecule has 1 fully saturated rings. The summed E-state index contributed by atoms with van der Waals surface area (Å²) in [6, 6.07) is 18.5. The lowest BCUT2D eigenvalue weighted by molar-refractivity contribution is -0.145. The molecule has 1 aliphatic rings. The van der Waals surface area contributed by atoms with Crippen molar-refractivity contribution >= 4 is 5.97 Å². The summed E-state index contributed by atoms with van der Waals surface area (Å²) in [6.45, 7) is 4.79. The quantitative estimate of drug-likeness (QED) is 0.774. The first-order chi connectivity index (χ1) is 12.7. The summed E-state index contributed by atoms with van der Waals surface area (Å²) in [5.41, 5.74) is 8.88. The Bertz CT molecular complexity index is 703. The molecule has 1 heterocycles. The summed E-state index contributed by atoms with van der Waals surface area (Å²) in [6.07, 6.45) is 0. The minimum Gasteiger partial charge on any atom is -0.482 e. The van der Waals surface area contributed by atoms with Crippen LogP contribution in [0.3, 0.4) is 0 Å². The zero-order valence-electron chi connectivity index (χ0n) is 15.1. The highest BCUT2D eigenvalue weighted by Gasteiger charge is 2.30. The number of carbonyl (C=O) groups is 1. The Labute approximate surface area is 154 Å². The Morgan fingerprint density at radius 2 is 1.85 bits per heavy atom. The van der Waals surface area contributed by atoms with E-state index in [2.05, 4.69) is 29.2 Å². The maximum Gasteiger partial charge on any atom is 0.344 e. The molecule has 0 radical (unpaired) electrons. The van der Waals surface area contributed by atoms with Crippen LogP contribution < -0.4 is 10.5 Å². The molecule has 1 saturated heterocycles. The molecule has 3 rings (SSSR count). The fraction of sp³-hybridized carbons (Fsp3) is 0.381. The van der Waals surface area contributed by atoms with Gasteiger partial charge in [0, 0.05) is 31.6 Å². The van der Waals surface area contributed by atoms with Gasteiger partial charge in [-0.1, -0.05) is 42.5 Å². The monoisotopic (exact) mass is 354 g/mol. The largest absolute Gasteiger partial charge is 0.482 e. The van der Waals surface area contributed by atoms with E-state index in [1.807, 2.05) is 30.3 Å². The summed E-state index contributed by atoms with van der Waals surface area (Å²) in [5, 5.41) is 0. The smallest absolute Gasteiger partial charge is 0.344 e. The van der Waals surface area contributed by atoms with Crippen molar-refractivity contribution in [3.63, 3.8) is 0 Å². The lowest BCUT2D eigenvalue weighted by atomic mass is 9.95. The number of benzene rings is 2. The second kappa shape index (κ2) is 8.83. The third-order valence-electron chi connectivity index (χ3n) is 4.66. The van der Waals surface area contributed by atoms with Crippen LogP contribution in [0.15, 0.2) is 54.6 Å². The van der Waals surface area contributed by atoms with E-state index in [-0.39, 0.29) is 18.6 Å². The van der Waals surface area contributed by atoms with Crippen molar-refractivity contribution in [1.82, 2.24) is 4.90 Å². The molecule has 0 unspecified atom stereocenters. The number of nitrogens with two attached hydrogens (primary N) is 1. The van der Waals surface area contributed by atoms with Gasteiger partial charge in [-0.05, 0) is 30.2 Å². The molecule has 0 amide bonds. The zero-order valence-corrected chi connectivity index (χ0v) is 15.1. The van der Waals surface area contributed by atoms with Crippen LogP contribution in [0.5, 0.6) is 5.75 Å². The van der Waals surface area contributed by atoms with Gasteiger partial charge < -0.3 is 15.2 Å². The molecular formula is C21H26N2O3. The van der Waals surface area contributed by atoms with Gasteiger partial charge in [-0.25, -0.2) is 4.79 Å². The molecule has 2 aromatic carbocycles. The number of hydrogen-bond donors (Lipinski definition) is 1. The molecule has 138 valence electrons. The van der Waals surface area contributed by atoms with Crippen molar-refractivity contribution in [2.24, 2.45) is 5.73 Å². The number of carbonyl (C=O) groups excluding carboxylic acids is 1. The van der Waals surface area contributed by atoms with E-state index in [1.54, 1.807) is 6.92 Å². The molecule has 0 aromatic heterocycles. The molecule has 0 bridgehead atoms. The number of esters is 1. The summed E-state index contributed by atoms with van der Waals surface area (Å²) in [4.78, 5) is 13.7. The Balaban J connectivity index is 1.52. The van der Waals surface area contributed by atoms with Crippen molar-refractivity contribution in [3.8, 4) is 5.75 Å². The molecule has 2 N–H and O–H groups in total. The van der Waals surface area contributed by atoms with Crippen LogP contribution in [0.2, 0.25) is 0 Å². The van der Waals surface area contributed by atoms with E-state index in [4.69, 9.17) is 15.2 Å². The summed E-state index contributed by atoms with van der Waals surface area (Å²) in [5.74, 6) is 0.694. The standard InChI is InChI=1S/C21H26N2O3/c1-2-25-21(24)15-26-18-10-8-16(9-11-18)12-23-13-19(20(22)14-23)17-6-4-3-5-7-17/h3-11,19-20H,2,12-15,22H2,1H3/t19-,20+/m0/s1. The highest BCUT2D eigenvalue weighted by Crippen LogP contribution is 2.27. The molecule has 1 aliphatic heterocycles. The van der Waals surface area contributed by atoms with Gasteiger partial charge in [-0.15, -0.1) is 0 Å². The van der Waals surface area contributed by atoms with Crippen molar-refractivity contribution in [3.05, 3.63) is 65.7 Å². The van der Waals surface area contributed by atoms with Gasteiger partial charge in [0.05, 0.1) is 6.61 Å². The number of rotatable bonds is 7. The van der Waals surface area contributed by atoms with E-state index in [0.717, 1.165) is 19.6 Å². The molecule has 2 aromatic rings. The van der Waals surface area contributed by atoms with Crippen LogP contribution >= 0.6 is 0 Å². The Morgan fingerprint density at radius 3 is 2.54 bits per heavy atom. The van der Waals surface area contributed by atoms with Crippen molar-refractivity contribution < 1.29 is 14.3 Å². The predicted molar refractivity (Wildman–Crippen MR) is 101 cm³/mol. The minimum absolute atomic E-state index is 0.0626. The molecule has 0 saturated carbocycles. The fourth-order valence-corrected chi connectivity index (χ4v) is 3.39. The van der Waals surface area contributed by atoms with Crippen LogP contribution in [-0.2, 0) is 16.1 Å². The van der Waals surface area contributed by atoms with Crippen LogP contribution in [0.1, 0.15) is 24.0 Å². The molecule has 5 nitrogen and oxygen atoms in total. The molecule has 2 atom stereocenters. The summed E-state index contributed by atoms with van der Waals surface area (Å²) < 4.78 is 10.3. The van der Waals surface area contributed by atoms with E-state index in [9.17, 15) is 4.79 Å². The average Bonchev–Trinajstić information content (AvgIpc) is 3.02. The first-order valence-corrected chi connectivity index (χ1v) is 9.06. The van der Waals surface area contributed by atoms with Crippen LogP contribution in [0, 0.1) is 0 Å². The van der Waals surface area contributed by atoms with E-state index in [0.29, 0.717) is 18.3 Å². The highest BCUT2D eigenvalue weighted by molar-refractivity contribution is 5.71. The molecular weight excluding hydrogens is 328 g/mol. The fourth-order valence-electron chi connectivity index (χ4n) is 3.39. The first-order valence-electron chi connectivity index (χ1n) is 9.06. The van der Waals surface area contributed by atoms with Gasteiger partial charge in [0.1, 0.15) is 5.75 Å². The van der Waals surface area contributed by atoms with Gasteiger partial charge in [-0.2, -0.15) is 0 Å². The first kappa shape index (κ1) is 18.4. The number of nitrogens with zero attached hydrogens (tertiary/aromatic N) is 1. The normalized spacial score (nSPS) is 20.1. The molecule has 5 heteroatoms. The van der Waals surface area contributed by atoms with Crippen molar-refractivity contribution in [1.29, 1.82) is 0 Å². The molecule has 26 heavy (non-hydrogen) atoms. The van der Waals surface area contributed by atoms with E-state index in [1.165, 1.54) is 11.1 Å². The third-order valence-corrected chi connectivity index (χ3v) is 4.66. The Morgan fingerprint density at radius 1 is 1.12 bits per heavy atom. The summed E-state index contributed by atoms with van der Waals surface area (Å²) in [7, 11) is 0. The van der Waals surface area contributed by atoms with Gasteiger partial charge >= 0.3 is 5.97 Å². The zero-order chi connectivity index (χ0) is 18.4. The lowest BCUT2D eigenvalue weighted by Gasteiger charge is -2.16. The number of likely N-dealkylation sites (tertiary alicyclic amines) is 1. The minimum atomic E-state index is -0.352. The second-order valence-corrected chi connectivity index (χ2v) is 6.61. The van der Waals surface area contributed by atoms with Gasteiger partial charge in [-0.3, -0.25) is 4.90 Å². The second-order valence-electron chi connectivity index (χ2n) is 6.61. The molecule has 0 spiro atoms. The topological polar surface area (TPSA) is 64.8 Å².